The van der Waals surface area contributed by atoms with Crippen molar-refractivity contribution in [3.8, 4) is 0 Å². The van der Waals surface area contributed by atoms with Gasteiger partial charge in [-0.3, -0.25) is 4.79 Å². The minimum absolute atomic E-state index is 0.0169. The lowest BCUT2D eigenvalue weighted by atomic mass is 10.1. The maximum Gasteiger partial charge on any atom is 0.315 e. The predicted molar refractivity (Wildman–Crippen MR) is 93.8 cm³/mol. The van der Waals surface area contributed by atoms with Crippen LogP contribution >= 0.6 is 11.6 Å². The zero-order valence-corrected chi connectivity index (χ0v) is 15.1. The molecule has 0 radical (unpaired) electrons. The molecule has 0 aliphatic carbocycles. The normalized spacial score (nSPS) is 25.1. The van der Waals surface area contributed by atoms with Gasteiger partial charge in [-0.05, 0) is 18.8 Å². The van der Waals surface area contributed by atoms with Gasteiger partial charge in [0, 0.05) is 25.7 Å². The topological polar surface area (TPSA) is 124 Å². The van der Waals surface area contributed by atoms with Gasteiger partial charge < -0.3 is 15.5 Å². The minimum atomic E-state index is -2.94. The summed E-state index contributed by atoms with van der Waals surface area (Å²) in [6.45, 7) is 1.53. The van der Waals surface area contributed by atoms with Crippen molar-refractivity contribution in [3.05, 3.63) is 21.6 Å². The Kier molecular flexibility index (Phi) is 5.19. The number of halogens is 1. The molecule has 2 fully saturated rings. The summed E-state index contributed by atoms with van der Waals surface area (Å²) in [7, 11) is -2.94. The van der Waals surface area contributed by atoms with E-state index in [-0.39, 0.29) is 34.5 Å². The number of rotatable bonds is 4. The molecule has 1 unspecified atom stereocenters. The van der Waals surface area contributed by atoms with Crippen molar-refractivity contribution in [2.75, 3.05) is 36.0 Å². The van der Waals surface area contributed by atoms with Crippen LogP contribution in [-0.2, 0) is 9.84 Å². The van der Waals surface area contributed by atoms with Crippen molar-refractivity contribution in [2.24, 2.45) is 5.92 Å². The van der Waals surface area contributed by atoms with Gasteiger partial charge in [-0.1, -0.05) is 11.6 Å². The molecule has 3 rings (SSSR count). The number of aromatic amines is 1. The zero-order valence-electron chi connectivity index (χ0n) is 13.5. The van der Waals surface area contributed by atoms with Crippen LogP contribution in [0.2, 0.25) is 5.02 Å². The maximum atomic E-state index is 12.0. The molecule has 0 saturated carbocycles. The summed E-state index contributed by atoms with van der Waals surface area (Å²) in [5.74, 6) is 0.319. The molecule has 3 N–H and O–H groups in total. The van der Waals surface area contributed by atoms with E-state index in [1.54, 1.807) is 0 Å². The van der Waals surface area contributed by atoms with Crippen molar-refractivity contribution in [2.45, 2.75) is 18.9 Å². The second-order valence-corrected chi connectivity index (χ2v) is 9.06. The highest BCUT2D eigenvalue weighted by atomic mass is 35.5. The van der Waals surface area contributed by atoms with E-state index in [0.717, 1.165) is 0 Å². The van der Waals surface area contributed by atoms with Gasteiger partial charge >= 0.3 is 6.03 Å². The number of nitrogens with one attached hydrogen (secondary N) is 3. The first kappa shape index (κ1) is 18.0. The van der Waals surface area contributed by atoms with E-state index >= 15 is 0 Å². The van der Waals surface area contributed by atoms with Gasteiger partial charge in [-0.25, -0.2) is 18.3 Å². The number of nitrogens with zero attached hydrogens (tertiary/aromatic N) is 2. The fourth-order valence-corrected chi connectivity index (χ4v) is 5.27. The van der Waals surface area contributed by atoms with Crippen molar-refractivity contribution in [3.63, 3.8) is 0 Å². The summed E-state index contributed by atoms with van der Waals surface area (Å²) in [6.07, 6.45) is 2.80. The third-order valence-corrected chi connectivity index (χ3v) is 6.72. The lowest BCUT2D eigenvalue weighted by Crippen LogP contribution is -2.44. The lowest BCUT2D eigenvalue weighted by molar-refractivity contribution is 0.236. The fourth-order valence-electron chi connectivity index (χ4n) is 3.20. The predicted octanol–water partition coefficient (Wildman–Crippen LogP) is -0.264. The smallest absolute Gasteiger partial charge is 0.315 e. The Balaban J connectivity index is 1.47. The van der Waals surface area contributed by atoms with E-state index in [1.807, 2.05) is 4.90 Å². The van der Waals surface area contributed by atoms with Crippen LogP contribution in [0.4, 0.5) is 10.5 Å². The molecule has 2 amide bonds. The van der Waals surface area contributed by atoms with E-state index in [4.69, 9.17) is 11.6 Å². The number of sulfone groups is 1. The first-order valence-electron chi connectivity index (χ1n) is 8.07. The standard InChI is InChI=1S/C14H20ClN5O4S/c15-12-11(6-17-19-13(12)21)20-3-1-10(7-20)18-14(22)16-5-9-2-4-25(23,24)8-9/h6,9-10H,1-5,7-8H2,(H,19,21)(H2,16,18,22)/t9?,10-/m1/s1. The second kappa shape index (κ2) is 7.20. The monoisotopic (exact) mass is 389 g/mol. The first-order chi connectivity index (χ1) is 11.8. The van der Waals surface area contributed by atoms with Gasteiger partial charge in [-0.2, -0.15) is 5.10 Å². The second-order valence-electron chi connectivity index (χ2n) is 6.45. The van der Waals surface area contributed by atoms with Crippen LogP contribution in [0.15, 0.2) is 11.0 Å². The van der Waals surface area contributed by atoms with E-state index in [1.165, 1.54) is 6.20 Å². The lowest BCUT2D eigenvalue weighted by Gasteiger charge is -2.19. The molecule has 138 valence electrons. The average molecular weight is 390 g/mol. The highest BCUT2D eigenvalue weighted by Crippen LogP contribution is 2.24. The van der Waals surface area contributed by atoms with Gasteiger partial charge in [0.2, 0.25) is 0 Å². The average Bonchev–Trinajstić information content (AvgIpc) is 3.14. The molecule has 11 heteroatoms. The Morgan fingerprint density at radius 3 is 2.96 bits per heavy atom. The fraction of sp³-hybridized carbons (Fsp3) is 0.643. The largest absolute Gasteiger partial charge is 0.367 e. The molecule has 2 atom stereocenters. The highest BCUT2D eigenvalue weighted by molar-refractivity contribution is 7.91. The van der Waals surface area contributed by atoms with Gasteiger partial charge in [0.15, 0.2) is 9.84 Å². The molecule has 0 bridgehead atoms. The van der Waals surface area contributed by atoms with Crippen molar-refractivity contribution >= 4 is 33.2 Å². The van der Waals surface area contributed by atoms with Crippen LogP contribution in [-0.4, -0.2) is 61.8 Å². The van der Waals surface area contributed by atoms with Crippen molar-refractivity contribution in [1.82, 2.24) is 20.8 Å². The third kappa shape index (κ3) is 4.43. The van der Waals surface area contributed by atoms with Gasteiger partial charge in [0.05, 0.1) is 23.4 Å². The highest BCUT2D eigenvalue weighted by Gasteiger charge is 2.29. The molecular weight excluding hydrogens is 370 g/mol. The number of urea groups is 1. The number of aromatic nitrogens is 2. The van der Waals surface area contributed by atoms with Crippen LogP contribution in [0.25, 0.3) is 0 Å². The van der Waals surface area contributed by atoms with Crippen molar-refractivity contribution in [1.29, 1.82) is 0 Å². The number of carbonyl (C=O) groups excluding carboxylic acids is 1. The summed E-state index contributed by atoms with van der Waals surface area (Å²) >= 11 is 6.00. The summed E-state index contributed by atoms with van der Waals surface area (Å²) in [5.41, 5.74) is 0.103. The van der Waals surface area contributed by atoms with E-state index in [2.05, 4.69) is 20.8 Å². The molecule has 1 aromatic heterocycles. The molecular formula is C14H20ClN5O4S. The number of hydrogen-bond acceptors (Lipinski definition) is 6. The summed E-state index contributed by atoms with van der Waals surface area (Å²) in [5, 5.41) is 11.7. The van der Waals surface area contributed by atoms with Crippen LogP contribution in [0.1, 0.15) is 12.8 Å². The Morgan fingerprint density at radius 2 is 2.24 bits per heavy atom. The number of carbonyl (C=O) groups is 1. The Morgan fingerprint density at radius 1 is 1.44 bits per heavy atom. The van der Waals surface area contributed by atoms with Crippen molar-refractivity contribution < 1.29 is 13.2 Å². The van der Waals surface area contributed by atoms with E-state index in [9.17, 15) is 18.0 Å². The molecule has 9 nitrogen and oxygen atoms in total. The van der Waals surface area contributed by atoms with E-state index in [0.29, 0.717) is 38.2 Å². The number of anilines is 1. The minimum Gasteiger partial charge on any atom is -0.367 e. The molecule has 0 aromatic carbocycles. The summed E-state index contributed by atoms with van der Waals surface area (Å²) in [4.78, 5) is 25.4. The zero-order chi connectivity index (χ0) is 18.0. The van der Waals surface area contributed by atoms with Crippen LogP contribution in [0.5, 0.6) is 0 Å². The first-order valence-corrected chi connectivity index (χ1v) is 10.3. The third-order valence-electron chi connectivity index (χ3n) is 4.52. The maximum absolute atomic E-state index is 12.0. The summed E-state index contributed by atoms with van der Waals surface area (Å²) < 4.78 is 22.8. The summed E-state index contributed by atoms with van der Waals surface area (Å²) in [6, 6.07) is -0.394. The van der Waals surface area contributed by atoms with E-state index < -0.39 is 15.4 Å². The Labute approximate surface area is 150 Å². The Hall–Kier alpha value is -1.81. The quantitative estimate of drug-likeness (QED) is 0.651. The molecule has 2 saturated heterocycles. The van der Waals surface area contributed by atoms with Crippen LogP contribution in [0, 0.1) is 5.92 Å². The van der Waals surface area contributed by atoms with Gasteiger partial charge in [0.25, 0.3) is 5.56 Å². The molecule has 2 aliphatic heterocycles. The molecule has 0 spiro atoms. The number of amides is 2. The van der Waals surface area contributed by atoms with Gasteiger partial charge in [0.1, 0.15) is 5.02 Å². The SMILES string of the molecule is O=C(NCC1CCS(=O)(=O)C1)N[C@@H]1CCN(c2cn[nH]c(=O)c2Cl)C1. The van der Waals surface area contributed by atoms with Crippen LogP contribution < -0.4 is 21.1 Å². The molecule has 2 aliphatic rings. The molecule has 25 heavy (non-hydrogen) atoms. The molecule has 1 aromatic rings. The van der Waals surface area contributed by atoms with Gasteiger partial charge in [-0.15, -0.1) is 0 Å². The number of hydrogen-bond donors (Lipinski definition) is 3. The van der Waals surface area contributed by atoms with Crippen LogP contribution in [0.3, 0.4) is 0 Å². The molecule has 3 heterocycles. The Bertz CT molecular complexity index is 812. The number of H-pyrrole nitrogens is 1.